The van der Waals surface area contributed by atoms with Crippen LogP contribution < -0.4 is 0 Å². The van der Waals surface area contributed by atoms with Gasteiger partial charge in [-0.1, -0.05) is 12.2 Å². The van der Waals surface area contributed by atoms with E-state index in [2.05, 4.69) is 6.08 Å². The fraction of sp³-hybridized carbons (Fsp3) is 0.667. The maximum absolute atomic E-state index is 11.6. The number of cyclic esters (lactones) is 1. The van der Waals surface area contributed by atoms with Crippen molar-refractivity contribution in [2.75, 3.05) is 6.61 Å². The molecule has 0 spiro atoms. The SMILES string of the molecule is O=C1C[C@H]2CCC(=O)[C@@H]2C/C=C\CCO1. The number of ether oxygens (including phenoxy) is 1. The van der Waals surface area contributed by atoms with E-state index in [1.807, 2.05) is 6.08 Å². The first-order valence-corrected chi connectivity index (χ1v) is 5.60. The average molecular weight is 208 g/mol. The van der Waals surface area contributed by atoms with Crippen molar-refractivity contribution in [1.82, 2.24) is 0 Å². The molecule has 0 unspecified atom stereocenters. The molecule has 0 radical (unpaired) electrons. The van der Waals surface area contributed by atoms with E-state index in [1.165, 1.54) is 0 Å². The summed E-state index contributed by atoms with van der Waals surface area (Å²) in [6.45, 7) is 0.473. The van der Waals surface area contributed by atoms with Crippen LogP contribution in [-0.2, 0) is 14.3 Å². The van der Waals surface area contributed by atoms with Crippen LogP contribution in [0.2, 0.25) is 0 Å². The summed E-state index contributed by atoms with van der Waals surface area (Å²) < 4.78 is 5.06. The molecule has 0 amide bonds. The van der Waals surface area contributed by atoms with Gasteiger partial charge in [-0.05, 0) is 25.2 Å². The Bertz CT molecular complexity index is 293. The highest BCUT2D eigenvalue weighted by Gasteiger charge is 2.35. The highest BCUT2D eigenvalue weighted by atomic mass is 16.5. The average Bonchev–Trinajstić information content (AvgIpc) is 2.55. The van der Waals surface area contributed by atoms with Gasteiger partial charge in [0, 0.05) is 18.8 Å². The third-order valence-corrected chi connectivity index (χ3v) is 3.28. The van der Waals surface area contributed by atoms with E-state index in [0.717, 1.165) is 19.3 Å². The number of hydrogen-bond donors (Lipinski definition) is 0. The molecular formula is C12H16O3. The molecule has 0 saturated heterocycles. The molecule has 0 bridgehead atoms. The molecule has 2 rings (SSSR count). The lowest BCUT2D eigenvalue weighted by Gasteiger charge is -2.17. The second kappa shape index (κ2) is 4.60. The first kappa shape index (κ1) is 10.4. The Hall–Kier alpha value is -1.12. The molecule has 15 heavy (non-hydrogen) atoms. The molecule has 1 aliphatic carbocycles. The number of carbonyl (C=O) groups is 2. The summed E-state index contributed by atoms with van der Waals surface area (Å²) in [5, 5.41) is 0. The van der Waals surface area contributed by atoms with Gasteiger partial charge in [-0.2, -0.15) is 0 Å². The maximum Gasteiger partial charge on any atom is 0.306 e. The third kappa shape index (κ3) is 2.46. The van der Waals surface area contributed by atoms with Crippen molar-refractivity contribution < 1.29 is 14.3 Å². The molecular weight excluding hydrogens is 192 g/mol. The highest BCUT2D eigenvalue weighted by Crippen LogP contribution is 2.34. The number of Topliss-reactive ketones (excluding diaryl/α,β-unsaturated/α-hetero) is 1. The summed E-state index contributed by atoms with van der Waals surface area (Å²) in [7, 11) is 0. The molecule has 1 saturated carbocycles. The third-order valence-electron chi connectivity index (χ3n) is 3.28. The summed E-state index contributed by atoms with van der Waals surface area (Å²) in [5.74, 6) is 0.452. The first-order valence-electron chi connectivity index (χ1n) is 5.60. The van der Waals surface area contributed by atoms with E-state index in [0.29, 0.717) is 25.2 Å². The second-order valence-electron chi connectivity index (χ2n) is 4.29. The van der Waals surface area contributed by atoms with Crippen LogP contribution in [-0.4, -0.2) is 18.4 Å². The lowest BCUT2D eigenvalue weighted by Crippen LogP contribution is -2.19. The van der Waals surface area contributed by atoms with E-state index in [-0.39, 0.29) is 17.8 Å². The number of allylic oxidation sites excluding steroid dienone is 1. The maximum atomic E-state index is 11.6. The topological polar surface area (TPSA) is 43.4 Å². The Balaban J connectivity index is 2.08. The number of rotatable bonds is 0. The monoisotopic (exact) mass is 208 g/mol. The van der Waals surface area contributed by atoms with Gasteiger partial charge in [0.1, 0.15) is 5.78 Å². The van der Waals surface area contributed by atoms with Crippen molar-refractivity contribution >= 4 is 11.8 Å². The molecule has 2 atom stereocenters. The van der Waals surface area contributed by atoms with Crippen molar-refractivity contribution in [3.8, 4) is 0 Å². The van der Waals surface area contributed by atoms with E-state index >= 15 is 0 Å². The molecule has 1 fully saturated rings. The van der Waals surface area contributed by atoms with Gasteiger partial charge in [-0.15, -0.1) is 0 Å². The molecule has 0 aromatic rings. The van der Waals surface area contributed by atoms with Crippen LogP contribution in [0, 0.1) is 11.8 Å². The molecule has 3 nitrogen and oxygen atoms in total. The minimum absolute atomic E-state index is 0.0619. The van der Waals surface area contributed by atoms with Gasteiger partial charge < -0.3 is 4.74 Å². The lowest BCUT2D eigenvalue weighted by atomic mass is 9.89. The Kier molecular flexibility index (Phi) is 3.19. The fourth-order valence-electron chi connectivity index (χ4n) is 2.42. The normalized spacial score (nSPS) is 34.4. The number of fused-ring (bicyclic) bond motifs is 1. The van der Waals surface area contributed by atoms with Crippen LogP contribution in [0.15, 0.2) is 12.2 Å². The van der Waals surface area contributed by atoms with Crippen LogP contribution in [0.4, 0.5) is 0 Å². The smallest absolute Gasteiger partial charge is 0.306 e. The first-order chi connectivity index (χ1) is 7.27. The minimum atomic E-state index is -0.144. The van der Waals surface area contributed by atoms with Gasteiger partial charge >= 0.3 is 5.97 Å². The van der Waals surface area contributed by atoms with Gasteiger partial charge in [0.05, 0.1) is 6.61 Å². The summed E-state index contributed by atoms with van der Waals surface area (Å²) in [6.07, 6.45) is 7.53. The predicted octanol–water partition coefficient (Wildman–Crippen LogP) is 1.86. The number of ketones is 1. The summed E-state index contributed by atoms with van der Waals surface area (Å²) in [4.78, 5) is 23.0. The molecule has 1 aliphatic heterocycles. The van der Waals surface area contributed by atoms with Crippen molar-refractivity contribution in [2.45, 2.75) is 32.1 Å². The zero-order chi connectivity index (χ0) is 10.7. The molecule has 2 aliphatic rings. The molecule has 0 aromatic heterocycles. The van der Waals surface area contributed by atoms with Gasteiger partial charge in [0.2, 0.25) is 0 Å². The van der Waals surface area contributed by atoms with Gasteiger partial charge in [-0.3, -0.25) is 9.59 Å². The predicted molar refractivity (Wildman–Crippen MR) is 55.2 cm³/mol. The molecule has 1 heterocycles. The van der Waals surface area contributed by atoms with E-state index in [1.54, 1.807) is 0 Å². The summed E-state index contributed by atoms with van der Waals surface area (Å²) in [6, 6.07) is 0. The second-order valence-corrected chi connectivity index (χ2v) is 4.29. The molecule has 82 valence electrons. The largest absolute Gasteiger partial charge is 0.465 e. The van der Waals surface area contributed by atoms with Crippen molar-refractivity contribution in [1.29, 1.82) is 0 Å². The molecule has 0 aromatic carbocycles. The van der Waals surface area contributed by atoms with Crippen molar-refractivity contribution in [3.05, 3.63) is 12.2 Å². The van der Waals surface area contributed by atoms with E-state index in [4.69, 9.17) is 4.74 Å². The Morgan fingerprint density at radius 3 is 3.00 bits per heavy atom. The zero-order valence-electron chi connectivity index (χ0n) is 8.78. The number of esters is 1. The zero-order valence-corrected chi connectivity index (χ0v) is 8.78. The van der Waals surface area contributed by atoms with Gasteiger partial charge in [0.25, 0.3) is 0 Å². The van der Waals surface area contributed by atoms with Crippen molar-refractivity contribution in [3.63, 3.8) is 0 Å². The van der Waals surface area contributed by atoms with Gasteiger partial charge in [-0.25, -0.2) is 0 Å². The Morgan fingerprint density at radius 1 is 1.27 bits per heavy atom. The van der Waals surface area contributed by atoms with Crippen LogP contribution in [0.5, 0.6) is 0 Å². The number of carbonyl (C=O) groups excluding carboxylic acids is 2. The van der Waals surface area contributed by atoms with Crippen LogP contribution in [0.1, 0.15) is 32.1 Å². The lowest BCUT2D eigenvalue weighted by molar-refractivity contribution is -0.145. The summed E-state index contributed by atoms with van der Waals surface area (Å²) >= 11 is 0. The van der Waals surface area contributed by atoms with Crippen molar-refractivity contribution in [2.24, 2.45) is 11.8 Å². The summed E-state index contributed by atoms with van der Waals surface area (Å²) in [5.41, 5.74) is 0. The standard InChI is InChI=1S/C12H16O3/c13-11-6-5-9-8-12(14)15-7-3-1-2-4-10(9)11/h1-2,9-10H,3-8H2/b2-1-/t9-,10-/m1/s1. The van der Waals surface area contributed by atoms with Crippen LogP contribution in [0.25, 0.3) is 0 Å². The van der Waals surface area contributed by atoms with E-state index in [9.17, 15) is 9.59 Å². The molecule has 3 heteroatoms. The Morgan fingerprint density at radius 2 is 2.13 bits per heavy atom. The van der Waals surface area contributed by atoms with Crippen LogP contribution >= 0.6 is 0 Å². The van der Waals surface area contributed by atoms with Crippen LogP contribution in [0.3, 0.4) is 0 Å². The number of hydrogen-bond acceptors (Lipinski definition) is 3. The Labute approximate surface area is 89.5 Å². The van der Waals surface area contributed by atoms with Gasteiger partial charge in [0.15, 0.2) is 0 Å². The quantitative estimate of drug-likeness (QED) is 0.451. The fourth-order valence-corrected chi connectivity index (χ4v) is 2.42. The highest BCUT2D eigenvalue weighted by molar-refractivity contribution is 5.84. The van der Waals surface area contributed by atoms with E-state index < -0.39 is 0 Å². The molecule has 0 N–H and O–H groups in total. The minimum Gasteiger partial charge on any atom is -0.465 e.